The van der Waals surface area contributed by atoms with Crippen molar-refractivity contribution in [3.8, 4) is 38.4 Å². The van der Waals surface area contributed by atoms with Gasteiger partial charge in [0, 0.05) is 48.5 Å². The minimum absolute atomic E-state index is 0. The molecule has 35 heteroatoms. The SMILES string of the molecule is CCCCCCOc1ccc(-c2nnc(-c3ccc(C(=O)N[C@H]4CC(O)C(O)NC(=O)C5C(O)C(C)CN5C(=O)C(C(O)CC(N)=O)NC(=O)C(C(O)C(O)c5ccc(O)c(OSOO[O-])c5)NC(=O)C5CC(O)CN5C(=O)C(C(C)O)NC4=O)cc3)s2)cc1.[Na+]. The molecule has 3 aliphatic rings. The number of aromatic nitrogens is 2. The molecule has 4 heterocycles. The van der Waals surface area contributed by atoms with Gasteiger partial charge in [-0.05, 0) is 67.4 Å². The fourth-order valence-corrected chi connectivity index (χ4v) is 11.4. The van der Waals surface area contributed by atoms with Gasteiger partial charge in [-0.2, -0.15) is 0 Å². The van der Waals surface area contributed by atoms with Gasteiger partial charge in [-0.15, -0.1) is 14.5 Å². The predicted octanol–water partition coefficient (Wildman–Crippen LogP) is -6.66. The van der Waals surface area contributed by atoms with Gasteiger partial charge in [-0.1, -0.05) is 62.6 Å². The third-order valence-electron chi connectivity index (χ3n) is 15.2. The predicted molar refractivity (Wildman–Crippen MR) is 310 cm³/mol. The van der Waals surface area contributed by atoms with Gasteiger partial charge in [0.2, 0.25) is 41.4 Å². The number of phenolic OH excluding ortho intramolecular Hbond substituents is 1. The first-order chi connectivity index (χ1) is 42.8. The van der Waals surface area contributed by atoms with Gasteiger partial charge in [-0.25, -0.2) is 0 Å². The van der Waals surface area contributed by atoms with E-state index < -0.39 is 188 Å². The van der Waals surface area contributed by atoms with Crippen molar-refractivity contribution in [2.75, 3.05) is 19.7 Å². The summed E-state index contributed by atoms with van der Waals surface area (Å²) >= 11 is 1.16. The monoisotopic (exact) mass is 1320 g/mol. The summed E-state index contributed by atoms with van der Waals surface area (Å²) in [4.78, 5) is 115. The fraction of sp³-hybridized carbons (Fsp3) is 0.500. The minimum atomic E-state index is -2.57. The summed E-state index contributed by atoms with van der Waals surface area (Å²) in [6.07, 6.45) is -15.5. The fourth-order valence-electron chi connectivity index (χ4n) is 10.3. The number of nitrogens with two attached hydrogens (primary N) is 1. The number of nitrogens with zero attached hydrogens (tertiary/aromatic N) is 4. The minimum Gasteiger partial charge on any atom is -0.691 e. The molecule has 7 rings (SSSR count). The molecule has 0 spiro atoms. The van der Waals surface area contributed by atoms with Crippen LogP contribution in [0.3, 0.4) is 0 Å². The van der Waals surface area contributed by atoms with Crippen LogP contribution in [0, 0.1) is 5.92 Å². The number of hydrogen-bond acceptors (Lipinski definition) is 26. The molecule has 3 saturated heterocycles. The number of hydrogen-bond donors (Lipinski definition) is 15. The van der Waals surface area contributed by atoms with Gasteiger partial charge in [0.1, 0.15) is 70.3 Å². The van der Waals surface area contributed by atoms with Crippen LogP contribution in [0.1, 0.15) is 87.7 Å². The molecule has 490 valence electrons. The number of primary amides is 1. The molecule has 14 unspecified atom stereocenters. The molecule has 1 aromatic heterocycles. The van der Waals surface area contributed by atoms with Crippen molar-refractivity contribution < 1.29 is 137 Å². The first kappa shape index (κ1) is 73.3. The molecule has 91 heavy (non-hydrogen) atoms. The normalized spacial score (nSPS) is 25.8. The third kappa shape index (κ3) is 18.8. The van der Waals surface area contributed by atoms with E-state index in [9.17, 15) is 89.6 Å². The number of unbranched alkanes of at least 4 members (excludes halogenated alkanes) is 3. The van der Waals surface area contributed by atoms with Gasteiger partial charge in [0.15, 0.2) is 17.7 Å². The number of aromatic hydroxyl groups is 1. The van der Waals surface area contributed by atoms with Crippen molar-refractivity contribution in [2.45, 2.75) is 151 Å². The maximum Gasteiger partial charge on any atom is 1.00 e. The van der Waals surface area contributed by atoms with Gasteiger partial charge in [0.25, 0.3) is 18.2 Å². The molecule has 0 bridgehead atoms. The second-order valence-electron chi connectivity index (χ2n) is 21.9. The van der Waals surface area contributed by atoms with Crippen LogP contribution in [0.4, 0.5) is 0 Å². The number of ether oxygens (including phenoxy) is 1. The maximum absolute atomic E-state index is 14.7. The largest absolute Gasteiger partial charge is 1.00 e. The Hall–Kier alpha value is -6.71. The smallest absolute Gasteiger partial charge is 0.691 e. The van der Waals surface area contributed by atoms with Crippen molar-refractivity contribution in [1.82, 2.24) is 46.6 Å². The van der Waals surface area contributed by atoms with E-state index in [0.29, 0.717) is 37.7 Å². The van der Waals surface area contributed by atoms with E-state index in [0.717, 1.165) is 56.4 Å². The first-order valence-electron chi connectivity index (χ1n) is 28.5. The number of aliphatic hydroxyl groups is 8. The van der Waals surface area contributed by atoms with E-state index >= 15 is 0 Å². The average Bonchev–Trinajstić information content (AvgIpc) is 2.25. The number of aliphatic hydroxyl groups excluding tert-OH is 8. The van der Waals surface area contributed by atoms with Crippen molar-refractivity contribution in [3.63, 3.8) is 0 Å². The summed E-state index contributed by atoms with van der Waals surface area (Å²) < 4.78 is 14.9. The third-order valence-corrected chi connectivity index (χ3v) is 16.6. The molecule has 4 aromatic rings. The zero-order valence-corrected chi connectivity index (χ0v) is 53.2. The first-order valence-corrected chi connectivity index (χ1v) is 30.0. The summed E-state index contributed by atoms with van der Waals surface area (Å²) in [6, 6.07) is 3.14. The topological polar surface area (TPSA) is 497 Å². The van der Waals surface area contributed by atoms with Gasteiger partial charge >= 0.3 is 29.6 Å². The molecule has 0 radical (unpaired) electrons. The number of carbonyl (C=O) groups excluding carboxylic acids is 8. The van der Waals surface area contributed by atoms with Gasteiger partial charge in [0.05, 0.1) is 37.4 Å². The van der Waals surface area contributed by atoms with Crippen LogP contribution < -0.4 is 76.1 Å². The molecular formula is C56H71N10NaO22S2. The molecule has 3 aliphatic heterocycles. The summed E-state index contributed by atoms with van der Waals surface area (Å²) in [5.41, 5.74) is 6.21. The average molecular weight is 1320 g/mol. The maximum atomic E-state index is 14.7. The summed E-state index contributed by atoms with van der Waals surface area (Å²) in [7, 11) is 0. The molecular weight excluding hydrogens is 1250 g/mol. The number of phenols is 1. The number of benzene rings is 3. The van der Waals surface area contributed by atoms with Crippen molar-refractivity contribution in [1.29, 1.82) is 0 Å². The number of rotatable bonds is 21. The number of nitrogens with one attached hydrogen (secondary N) is 5. The second-order valence-corrected chi connectivity index (χ2v) is 23.3. The van der Waals surface area contributed by atoms with Crippen LogP contribution in [0.15, 0.2) is 66.7 Å². The van der Waals surface area contributed by atoms with Gasteiger partial charge < -0.3 is 102 Å². The molecule has 0 aliphatic carbocycles. The summed E-state index contributed by atoms with van der Waals surface area (Å²) in [6.45, 7) is 3.91. The summed E-state index contributed by atoms with van der Waals surface area (Å²) in [5, 5.41) is 136. The quantitative estimate of drug-likeness (QED) is 0.0121. The van der Waals surface area contributed by atoms with Crippen LogP contribution in [0.5, 0.6) is 17.2 Å². The Labute approximate surface area is 550 Å². The molecule has 0 saturated carbocycles. The van der Waals surface area contributed by atoms with E-state index in [1.165, 1.54) is 42.5 Å². The van der Waals surface area contributed by atoms with E-state index in [-0.39, 0.29) is 47.4 Å². The second kappa shape index (κ2) is 33.7. The van der Waals surface area contributed by atoms with E-state index in [2.05, 4.69) is 47.8 Å². The molecule has 32 nitrogen and oxygen atoms in total. The molecule has 3 aromatic carbocycles. The van der Waals surface area contributed by atoms with Crippen LogP contribution in [-0.4, -0.2) is 212 Å². The van der Waals surface area contributed by atoms with E-state index in [1.54, 1.807) is 0 Å². The zero-order valence-electron chi connectivity index (χ0n) is 49.6. The number of amides is 8. The Bertz CT molecular complexity index is 3170. The van der Waals surface area contributed by atoms with Crippen molar-refractivity contribution in [3.05, 3.63) is 77.9 Å². The molecule has 8 amide bonds. The Morgan fingerprint density at radius 1 is 0.791 bits per heavy atom. The Balaban J connectivity index is 0.0000132. The zero-order chi connectivity index (χ0) is 65.7. The van der Waals surface area contributed by atoms with Crippen LogP contribution in [0.25, 0.3) is 21.1 Å². The van der Waals surface area contributed by atoms with E-state index in [4.69, 9.17) is 14.7 Å². The molecule has 3 fully saturated rings. The Morgan fingerprint density at radius 2 is 1.42 bits per heavy atom. The van der Waals surface area contributed by atoms with Crippen LogP contribution in [-0.2, 0) is 42.9 Å². The number of carbonyl (C=O) groups is 8. The van der Waals surface area contributed by atoms with Crippen molar-refractivity contribution >= 4 is 70.9 Å². The number of fused-ring (bicyclic) bond motifs is 2. The molecule has 15 atom stereocenters. The van der Waals surface area contributed by atoms with Crippen LogP contribution in [0.2, 0.25) is 0 Å². The molecule has 16 N–H and O–H groups in total. The van der Waals surface area contributed by atoms with Crippen molar-refractivity contribution in [2.24, 2.45) is 11.7 Å². The van der Waals surface area contributed by atoms with E-state index in [1.807, 2.05) is 29.6 Å². The Kier molecular flexibility index (Phi) is 27.2. The Morgan fingerprint density at radius 3 is 2.04 bits per heavy atom. The van der Waals surface area contributed by atoms with Gasteiger partial charge in [-0.3, -0.25) is 43.4 Å². The summed E-state index contributed by atoms with van der Waals surface area (Å²) in [5.74, 6) is -12.1. The van der Waals surface area contributed by atoms with Crippen LogP contribution >= 0.6 is 23.7 Å². The standard InChI is InChI=1S/C56H72N10O22S2.Na/c1-4-5-6-7-18-85-32-15-12-29(13-16-32)54-64-63-53(89-54)28-10-8-27(9-11-28)47(76)58-33-21-37(71)50(79)62-52(81)43-44(73)25(2)23-66(43)56(83)41(36(70)22-39(57)72)60-51(80)42(46(75)45(74)30-14-17-35(69)38(19-30)86-90-88-87-84)61-49(78)34-20-31(68)24-65(34)55(82)40(26(3)67)59-48(33)77;/h8-17,19,25-26,31,33-34,36-37,40-46,50,67-71,73-75,79,84H,4-7,18,20-24H2,1-3H3,(H2,57,72)(H,58,76)(H,59,77)(H,60,80)(H,61,78)(H,62,81);/q;+1/p-1/t25?,26?,31?,33-,34?,36?,37?,40?,41?,42?,43?,44?,45?,46?,50?;/m0./s1.